The molecule has 1 saturated heterocycles. The van der Waals surface area contributed by atoms with Gasteiger partial charge in [0.1, 0.15) is 10.8 Å². The molecule has 0 aliphatic carbocycles. The molecule has 13 heteroatoms. The fourth-order valence-electron chi connectivity index (χ4n) is 3.57. The molecule has 4 rings (SSSR count). The summed E-state index contributed by atoms with van der Waals surface area (Å²) in [6, 6.07) is 8.26. The number of hydrogen-bond donors (Lipinski definition) is 0. The Morgan fingerprint density at radius 3 is 2.52 bits per heavy atom. The van der Waals surface area contributed by atoms with Gasteiger partial charge in [0.2, 0.25) is 0 Å². The van der Waals surface area contributed by atoms with Gasteiger partial charge in [-0.15, -0.1) is 11.3 Å². The second-order valence-electron chi connectivity index (χ2n) is 7.35. The molecule has 3 heterocycles. The van der Waals surface area contributed by atoms with Gasteiger partial charge in [0.15, 0.2) is 4.80 Å². The van der Waals surface area contributed by atoms with Crippen LogP contribution in [0.4, 0.5) is 0 Å². The molecule has 2 aromatic heterocycles. The lowest BCUT2D eigenvalue weighted by Gasteiger charge is -2.29. The molecule has 0 N–H and O–H groups in total. The number of carbonyl (C=O) groups excluding carboxylic acids is 2. The fraction of sp³-hybridized carbons (Fsp3) is 0.350. The molecular weight excluding hydrogens is 529 g/mol. The van der Waals surface area contributed by atoms with E-state index in [-0.39, 0.29) is 29.8 Å². The summed E-state index contributed by atoms with van der Waals surface area (Å²) >= 11 is 14.2. The van der Waals surface area contributed by atoms with Crippen LogP contribution in [0.5, 0.6) is 0 Å². The number of thiazole rings is 1. The predicted octanol–water partition coefficient (Wildman–Crippen LogP) is 3.77. The summed E-state index contributed by atoms with van der Waals surface area (Å²) in [6.45, 7) is 0.340. The highest BCUT2D eigenvalue weighted by atomic mass is 35.5. The third kappa shape index (κ3) is 5.18. The Balaban J connectivity index is 1.55. The maximum absolute atomic E-state index is 12.9. The van der Waals surface area contributed by atoms with Gasteiger partial charge in [-0.2, -0.15) is 9.30 Å². The first-order valence-corrected chi connectivity index (χ1v) is 13.7. The minimum Gasteiger partial charge on any atom is -0.468 e. The van der Waals surface area contributed by atoms with Crippen molar-refractivity contribution in [3.8, 4) is 0 Å². The number of aromatic nitrogens is 1. The molecular formula is C20H19Cl2N3O5S3. The first kappa shape index (κ1) is 24.4. The van der Waals surface area contributed by atoms with Crippen LogP contribution in [0.2, 0.25) is 9.36 Å². The quantitative estimate of drug-likeness (QED) is 0.452. The van der Waals surface area contributed by atoms with E-state index in [1.165, 1.54) is 28.8 Å². The van der Waals surface area contributed by atoms with Gasteiger partial charge in [0.05, 0.1) is 21.7 Å². The topological polar surface area (TPSA) is 98.0 Å². The van der Waals surface area contributed by atoms with Gasteiger partial charge in [0, 0.05) is 24.0 Å². The molecule has 0 bridgehead atoms. The average molecular weight is 548 g/mol. The number of rotatable bonds is 5. The summed E-state index contributed by atoms with van der Waals surface area (Å²) in [7, 11) is -2.34. The summed E-state index contributed by atoms with van der Waals surface area (Å²) in [6.07, 6.45) is 0.711. The van der Waals surface area contributed by atoms with Crippen LogP contribution in [0.1, 0.15) is 12.8 Å². The first-order chi connectivity index (χ1) is 15.7. The second kappa shape index (κ2) is 9.85. The lowest BCUT2D eigenvalue weighted by Crippen LogP contribution is -2.40. The smallest absolute Gasteiger partial charge is 0.325 e. The van der Waals surface area contributed by atoms with Crippen LogP contribution in [0.3, 0.4) is 0 Å². The molecule has 1 aromatic carbocycles. The molecule has 1 amide bonds. The highest BCUT2D eigenvalue weighted by molar-refractivity contribution is 7.91. The van der Waals surface area contributed by atoms with E-state index in [9.17, 15) is 18.0 Å². The Morgan fingerprint density at radius 2 is 1.88 bits per heavy atom. The van der Waals surface area contributed by atoms with Crippen molar-refractivity contribution < 1.29 is 22.7 Å². The predicted molar refractivity (Wildman–Crippen MR) is 128 cm³/mol. The van der Waals surface area contributed by atoms with Crippen LogP contribution >= 0.6 is 45.9 Å². The van der Waals surface area contributed by atoms with E-state index in [1.807, 2.05) is 0 Å². The van der Waals surface area contributed by atoms with Crippen LogP contribution in [0.25, 0.3) is 10.2 Å². The number of esters is 1. The molecule has 33 heavy (non-hydrogen) atoms. The van der Waals surface area contributed by atoms with Crippen molar-refractivity contribution in [2.45, 2.75) is 23.6 Å². The molecule has 0 atom stereocenters. The fourth-order valence-corrected chi connectivity index (χ4v) is 7.99. The van der Waals surface area contributed by atoms with Crippen molar-refractivity contribution in [1.82, 2.24) is 8.87 Å². The van der Waals surface area contributed by atoms with Crippen LogP contribution in [0.15, 0.2) is 39.5 Å². The lowest BCUT2D eigenvalue weighted by molar-refractivity contribution is -0.141. The van der Waals surface area contributed by atoms with Crippen molar-refractivity contribution in [2.24, 2.45) is 10.9 Å². The molecule has 0 radical (unpaired) electrons. The molecule has 0 unspecified atom stereocenters. The summed E-state index contributed by atoms with van der Waals surface area (Å²) < 4.78 is 34.7. The molecule has 176 valence electrons. The van der Waals surface area contributed by atoms with E-state index in [0.717, 1.165) is 21.6 Å². The zero-order valence-electron chi connectivity index (χ0n) is 17.4. The number of amides is 1. The van der Waals surface area contributed by atoms with E-state index in [0.29, 0.717) is 27.0 Å². The van der Waals surface area contributed by atoms with Crippen LogP contribution in [-0.2, 0) is 30.9 Å². The Kier molecular flexibility index (Phi) is 7.27. The van der Waals surface area contributed by atoms with E-state index < -0.39 is 21.9 Å². The largest absolute Gasteiger partial charge is 0.468 e. The van der Waals surface area contributed by atoms with Crippen molar-refractivity contribution >= 4 is 78.0 Å². The minimum absolute atomic E-state index is 0.0929. The second-order valence-corrected chi connectivity index (χ2v) is 12.7. The van der Waals surface area contributed by atoms with Gasteiger partial charge < -0.3 is 9.30 Å². The molecule has 0 saturated carbocycles. The third-order valence-corrected chi connectivity index (χ3v) is 10.2. The van der Waals surface area contributed by atoms with Crippen molar-refractivity contribution in [3.63, 3.8) is 0 Å². The molecule has 0 spiro atoms. The number of hydrogen-bond acceptors (Lipinski definition) is 7. The van der Waals surface area contributed by atoms with Gasteiger partial charge in [0.25, 0.3) is 15.9 Å². The van der Waals surface area contributed by atoms with Gasteiger partial charge in [-0.25, -0.2) is 8.42 Å². The zero-order valence-corrected chi connectivity index (χ0v) is 21.3. The number of fused-ring (bicyclic) bond motifs is 1. The van der Waals surface area contributed by atoms with E-state index in [1.54, 1.807) is 28.8 Å². The lowest BCUT2D eigenvalue weighted by atomic mass is 9.98. The third-order valence-electron chi connectivity index (χ3n) is 5.31. The van der Waals surface area contributed by atoms with Crippen molar-refractivity contribution in [2.75, 3.05) is 20.2 Å². The molecule has 1 aliphatic heterocycles. The van der Waals surface area contributed by atoms with Gasteiger partial charge in [-0.3, -0.25) is 9.59 Å². The molecule has 3 aromatic rings. The normalized spacial score (nSPS) is 16.4. The van der Waals surface area contributed by atoms with E-state index in [4.69, 9.17) is 27.9 Å². The Hall–Kier alpha value is -1.76. The summed E-state index contributed by atoms with van der Waals surface area (Å²) in [5, 5.41) is 0.535. The minimum atomic E-state index is -3.63. The van der Waals surface area contributed by atoms with Crippen molar-refractivity contribution in [1.29, 1.82) is 0 Å². The average Bonchev–Trinajstić information content (AvgIpc) is 3.37. The maximum Gasteiger partial charge on any atom is 0.325 e. The number of carbonyl (C=O) groups is 2. The molecule has 8 nitrogen and oxygen atoms in total. The maximum atomic E-state index is 12.9. The zero-order chi connectivity index (χ0) is 23.8. The molecule has 1 fully saturated rings. The number of methoxy groups -OCH3 is 1. The SMILES string of the molecule is COC(=O)Cn1c(=NC(=O)C2CCN(S(=O)(=O)c3ccc(Cl)s3)CC2)sc2cc(Cl)ccc21. The summed E-state index contributed by atoms with van der Waals surface area (Å²) in [4.78, 5) is 29.5. The summed E-state index contributed by atoms with van der Waals surface area (Å²) in [5.41, 5.74) is 0.719. The monoisotopic (exact) mass is 547 g/mol. The number of ether oxygens (including phenoxy) is 1. The van der Waals surface area contributed by atoms with Crippen LogP contribution < -0.4 is 4.80 Å². The number of nitrogens with zero attached hydrogens (tertiary/aromatic N) is 3. The van der Waals surface area contributed by atoms with E-state index in [2.05, 4.69) is 4.99 Å². The van der Waals surface area contributed by atoms with Gasteiger partial charge >= 0.3 is 5.97 Å². The standard InChI is InChI=1S/C20H19Cl2N3O5S3/c1-30-17(26)11-25-14-3-2-13(21)10-15(14)31-20(25)23-19(27)12-6-8-24(9-7-12)33(28,29)18-5-4-16(22)32-18/h2-5,10,12H,6-9,11H2,1H3. The number of piperidine rings is 1. The van der Waals surface area contributed by atoms with Crippen molar-refractivity contribution in [3.05, 3.63) is 44.5 Å². The first-order valence-electron chi connectivity index (χ1n) is 9.89. The number of sulfonamides is 1. The van der Waals surface area contributed by atoms with Crippen LogP contribution in [0, 0.1) is 5.92 Å². The van der Waals surface area contributed by atoms with Gasteiger partial charge in [-0.1, -0.05) is 34.5 Å². The van der Waals surface area contributed by atoms with E-state index >= 15 is 0 Å². The number of benzene rings is 1. The Bertz CT molecular complexity index is 1390. The number of halogens is 2. The highest BCUT2D eigenvalue weighted by Gasteiger charge is 2.33. The summed E-state index contributed by atoms with van der Waals surface area (Å²) in [5.74, 6) is -1.23. The Morgan fingerprint density at radius 1 is 1.15 bits per heavy atom. The van der Waals surface area contributed by atoms with Crippen LogP contribution in [-0.4, -0.2) is 49.4 Å². The number of thiophene rings is 1. The van der Waals surface area contributed by atoms with Gasteiger partial charge in [-0.05, 0) is 43.2 Å². The molecule has 1 aliphatic rings. The highest BCUT2D eigenvalue weighted by Crippen LogP contribution is 2.31. The Labute approximate surface area is 208 Å².